The van der Waals surface area contributed by atoms with E-state index < -0.39 is 23.3 Å². The molecule has 3 N–H and O–H groups in total. The molecule has 1 aliphatic carbocycles. The van der Waals surface area contributed by atoms with Gasteiger partial charge < -0.3 is 15.3 Å². The fraction of sp³-hybridized carbons (Fsp3) is 0.158. The van der Waals surface area contributed by atoms with Crippen LogP contribution in [-0.2, 0) is 9.59 Å². The van der Waals surface area contributed by atoms with E-state index in [-0.39, 0.29) is 23.5 Å². The van der Waals surface area contributed by atoms with E-state index in [0.29, 0.717) is 5.69 Å². The Morgan fingerprint density at radius 3 is 2.25 bits per heavy atom. The fourth-order valence-electron chi connectivity index (χ4n) is 2.44. The molecule has 1 aromatic carbocycles. The third-order valence-electron chi connectivity index (χ3n) is 4.02. The zero-order valence-electron chi connectivity index (χ0n) is 14.7. The molecule has 1 atom stereocenters. The molecule has 0 radical (unpaired) electrons. The lowest BCUT2D eigenvalue weighted by molar-refractivity contribution is -0.145. The molecule has 1 heterocycles. The van der Waals surface area contributed by atoms with Crippen molar-refractivity contribution < 1.29 is 34.1 Å². The number of allylic oxidation sites excluding steroid dienone is 2. The molecule has 0 bridgehead atoms. The molecule has 1 unspecified atom stereocenters. The number of carboxylic acid groups (broad SMARTS) is 3. The zero-order valence-corrected chi connectivity index (χ0v) is 14.7. The molecule has 1 aliphatic rings. The Labute approximate surface area is 158 Å². The first kappa shape index (κ1) is 20.6. The van der Waals surface area contributed by atoms with E-state index in [2.05, 4.69) is 5.10 Å². The monoisotopic (exact) mass is 388 g/mol. The summed E-state index contributed by atoms with van der Waals surface area (Å²) < 4.78 is 13.9. The van der Waals surface area contributed by atoms with Gasteiger partial charge in [-0.15, -0.1) is 0 Å². The number of aromatic carboxylic acids is 1. The number of halogens is 1. The second-order valence-electron chi connectivity index (χ2n) is 6.17. The van der Waals surface area contributed by atoms with Crippen molar-refractivity contribution in [2.24, 2.45) is 5.41 Å². The van der Waals surface area contributed by atoms with Crippen LogP contribution in [0.15, 0.2) is 60.3 Å². The minimum atomic E-state index is -1.08. The van der Waals surface area contributed by atoms with E-state index in [1.54, 1.807) is 0 Å². The third-order valence-corrected chi connectivity index (χ3v) is 4.02. The Morgan fingerprint density at radius 2 is 1.71 bits per heavy atom. The Hall–Kier alpha value is -3.75. The topological polar surface area (TPSA) is 130 Å². The van der Waals surface area contributed by atoms with Crippen molar-refractivity contribution in [3.63, 3.8) is 0 Å². The highest BCUT2D eigenvalue weighted by Gasteiger charge is 2.34. The first-order valence-corrected chi connectivity index (χ1v) is 8.02. The van der Waals surface area contributed by atoms with Gasteiger partial charge in [0.2, 0.25) is 0 Å². The molecule has 0 fully saturated rings. The second kappa shape index (κ2) is 8.30. The number of carboxylic acids is 3. The second-order valence-corrected chi connectivity index (χ2v) is 6.17. The quantitative estimate of drug-likeness (QED) is 0.734. The van der Waals surface area contributed by atoms with E-state index in [9.17, 15) is 18.8 Å². The molecule has 9 heteroatoms. The maximum absolute atomic E-state index is 12.6. The Kier molecular flexibility index (Phi) is 6.09. The van der Waals surface area contributed by atoms with Crippen molar-refractivity contribution in [1.82, 2.24) is 9.78 Å². The van der Waals surface area contributed by atoms with Crippen LogP contribution in [0.1, 0.15) is 23.8 Å². The SMILES string of the molecule is CC1(C(=O)O)C=CC=C(C(=O)O)C1.O=C(O)c1ccnn1-c1ccc(F)cc1. The summed E-state index contributed by atoms with van der Waals surface area (Å²) in [5.41, 5.74) is -0.393. The summed E-state index contributed by atoms with van der Waals surface area (Å²) >= 11 is 0. The highest BCUT2D eigenvalue weighted by atomic mass is 19.1. The van der Waals surface area contributed by atoms with Crippen LogP contribution in [0.2, 0.25) is 0 Å². The van der Waals surface area contributed by atoms with Crippen LogP contribution < -0.4 is 0 Å². The molecule has 0 saturated carbocycles. The Morgan fingerprint density at radius 1 is 1.07 bits per heavy atom. The van der Waals surface area contributed by atoms with Gasteiger partial charge >= 0.3 is 17.9 Å². The lowest BCUT2D eigenvalue weighted by Crippen LogP contribution is -2.28. The van der Waals surface area contributed by atoms with Crippen LogP contribution >= 0.6 is 0 Å². The first-order chi connectivity index (χ1) is 13.1. The van der Waals surface area contributed by atoms with Crippen LogP contribution in [0.3, 0.4) is 0 Å². The molecular weight excluding hydrogens is 371 g/mol. The number of hydrogen-bond acceptors (Lipinski definition) is 4. The summed E-state index contributed by atoms with van der Waals surface area (Å²) in [6.45, 7) is 1.50. The maximum Gasteiger partial charge on any atom is 0.354 e. The molecule has 1 aromatic heterocycles. The van der Waals surface area contributed by atoms with Gasteiger partial charge in [0.25, 0.3) is 0 Å². The minimum Gasteiger partial charge on any atom is -0.481 e. The molecular formula is C19H17FN2O6. The van der Waals surface area contributed by atoms with Crippen molar-refractivity contribution in [3.05, 3.63) is 71.8 Å². The summed E-state index contributed by atoms with van der Waals surface area (Å²) in [4.78, 5) is 32.1. The number of carbonyl (C=O) groups is 3. The summed E-state index contributed by atoms with van der Waals surface area (Å²) in [6, 6.07) is 6.82. The lowest BCUT2D eigenvalue weighted by atomic mass is 9.80. The van der Waals surface area contributed by atoms with Gasteiger partial charge in [-0.25, -0.2) is 18.7 Å². The van der Waals surface area contributed by atoms with Crippen molar-refractivity contribution in [1.29, 1.82) is 0 Å². The molecule has 28 heavy (non-hydrogen) atoms. The van der Waals surface area contributed by atoms with Gasteiger partial charge in [0.05, 0.1) is 17.3 Å². The van der Waals surface area contributed by atoms with Crippen LogP contribution in [0, 0.1) is 11.2 Å². The molecule has 0 amide bonds. The van der Waals surface area contributed by atoms with Gasteiger partial charge in [-0.05, 0) is 43.7 Å². The molecule has 146 valence electrons. The fourth-order valence-corrected chi connectivity index (χ4v) is 2.44. The average molecular weight is 388 g/mol. The lowest BCUT2D eigenvalue weighted by Gasteiger charge is -2.23. The first-order valence-electron chi connectivity index (χ1n) is 8.02. The third kappa shape index (κ3) is 4.70. The number of rotatable bonds is 4. The van der Waals surface area contributed by atoms with Crippen LogP contribution in [0.25, 0.3) is 5.69 Å². The zero-order chi connectivity index (χ0) is 20.9. The van der Waals surface area contributed by atoms with Crippen molar-refractivity contribution in [2.45, 2.75) is 13.3 Å². The molecule has 2 aromatic rings. The van der Waals surface area contributed by atoms with Crippen LogP contribution in [-0.4, -0.2) is 43.0 Å². The number of nitrogens with zero attached hydrogens (tertiary/aromatic N) is 2. The van der Waals surface area contributed by atoms with Gasteiger partial charge in [-0.3, -0.25) is 4.79 Å². The molecule has 8 nitrogen and oxygen atoms in total. The van der Waals surface area contributed by atoms with Gasteiger partial charge in [-0.1, -0.05) is 18.2 Å². The van der Waals surface area contributed by atoms with Crippen LogP contribution in [0.5, 0.6) is 0 Å². The minimum absolute atomic E-state index is 0.0359. The van der Waals surface area contributed by atoms with E-state index >= 15 is 0 Å². The molecule has 3 rings (SSSR count). The van der Waals surface area contributed by atoms with Crippen molar-refractivity contribution >= 4 is 17.9 Å². The summed E-state index contributed by atoms with van der Waals surface area (Å²) in [5.74, 6) is -3.51. The Bertz CT molecular complexity index is 961. The van der Waals surface area contributed by atoms with E-state index in [0.717, 1.165) is 0 Å². The van der Waals surface area contributed by atoms with Crippen molar-refractivity contribution in [2.75, 3.05) is 0 Å². The predicted octanol–water partition coefficient (Wildman–Crippen LogP) is 2.76. The van der Waals surface area contributed by atoms with E-state index in [1.807, 2.05) is 0 Å². The molecule has 0 spiro atoms. The van der Waals surface area contributed by atoms with Gasteiger partial charge in [0, 0.05) is 5.57 Å². The largest absolute Gasteiger partial charge is 0.481 e. The maximum atomic E-state index is 12.6. The van der Waals surface area contributed by atoms with Gasteiger partial charge in [-0.2, -0.15) is 5.10 Å². The predicted molar refractivity (Wildman–Crippen MR) is 95.7 cm³/mol. The number of benzene rings is 1. The summed E-state index contributed by atoms with van der Waals surface area (Å²) in [6.07, 6.45) is 5.82. The van der Waals surface area contributed by atoms with Crippen molar-refractivity contribution in [3.8, 4) is 5.69 Å². The number of hydrogen-bond donors (Lipinski definition) is 3. The summed E-state index contributed by atoms with van der Waals surface area (Å²) in [5, 5.41) is 30.2. The molecule has 0 aliphatic heterocycles. The normalized spacial score (nSPS) is 17.9. The van der Waals surface area contributed by atoms with E-state index in [1.165, 1.54) is 66.4 Å². The summed E-state index contributed by atoms with van der Waals surface area (Å²) in [7, 11) is 0. The van der Waals surface area contributed by atoms with E-state index in [4.69, 9.17) is 15.3 Å². The highest BCUT2D eigenvalue weighted by Crippen LogP contribution is 2.31. The van der Waals surface area contributed by atoms with Gasteiger partial charge in [0.1, 0.15) is 5.82 Å². The average Bonchev–Trinajstić information content (AvgIpc) is 3.13. The number of aliphatic carboxylic acids is 2. The standard InChI is InChI=1S/C10H7FN2O2.C9H10O4/c11-7-1-3-8(4-2-7)13-9(10(14)15)5-6-12-13;1-9(8(12)13)4-2-3-6(5-9)7(10)11/h1-6H,(H,14,15);2-4H,5H2,1H3,(H,10,11)(H,12,13). The molecule has 0 saturated heterocycles. The Balaban J connectivity index is 0.000000203. The van der Waals surface area contributed by atoms with Crippen LogP contribution in [0.4, 0.5) is 4.39 Å². The smallest absolute Gasteiger partial charge is 0.354 e. The highest BCUT2D eigenvalue weighted by molar-refractivity contribution is 5.90. The number of aromatic nitrogens is 2. The van der Waals surface area contributed by atoms with Gasteiger partial charge in [0.15, 0.2) is 5.69 Å².